The Balaban J connectivity index is 1.68. The van der Waals surface area contributed by atoms with Crippen LogP contribution in [0.4, 0.5) is 5.69 Å². The summed E-state index contributed by atoms with van der Waals surface area (Å²) in [6, 6.07) is 5.01. The number of nitrogens with zero attached hydrogens (tertiary/aromatic N) is 2. The van der Waals surface area contributed by atoms with E-state index in [2.05, 4.69) is 21.2 Å². The van der Waals surface area contributed by atoms with E-state index in [4.69, 9.17) is 21.1 Å². The number of anilines is 1. The van der Waals surface area contributed by atoms with Crippen molar-refractivity contribution in [1.82, 2.24) is 10.2 Å². The average Bonchev–Trinajstić information content (AvgIpc) is 3.57. The molecule has 0 saturated carbocycles. The molecule has 0 aromatic heterocycles. The quantitative estimate of drug-likeness (QED) is 0.362. The number of hydrogen-bond donors (Lipinski definition) is 2. The fraction of sp³-hybridized carbons (Fsp3) is 0.548. The van der Waals surface area contributed by atoms with Gasteiger partial charge in [-0.15, -0.1) is 0 Å². The Labute approximate surface area is 264 Å². The number of aliphatic hydroxyl groups excluding tert-OH is 1. The van der Waals surface area contributed by atoms with Crippen molar-refractivity contribution in [3.63, 3.8) is 0 Å². The highest BCUT2D eigenvalue weighted by atomic mass is 79.9. The highest BCUT2D eigenvalue weighted by molar-refractivity contribution is 9.11. The highest BCUT2D eigenvalue weighted by Gasteiger charge is 2.75. The molecule has 4 aliphatic heterocycles. The van der Waals surface area contributed by atoms with Gasteiger partial charge in [0.25, 0.3) is 5.91 Å². The number of fused-ring (bicyclic) bond motifs is 2. The van der Waals surface area contributed by atoms with Crippen LogP contribution in [0.3, 0.4) is 0 Å². The zero-order valence-corrected chi connectivity index (χ0v) is 26.7. The third-order valence-corrected chi connectivity index (χ3v) is 10.0. The smallest absolute Gasteiger partial charge is 0.313 e. The number of likely N-dealkylation sites (tertiary alicyclic amines) is 1. The molecule has 12 heteroatoms. The number of hydrogen-bond acceptors (Lipinski definition) is 7. The van der Waals surface area contributed by atoms with Crippen LogP contribution in [-0.4, -0.2) is 83.3 Å². The molecule has 0 unspecified atom stereocenters. The maximum atomic E-state index is 14.9. The summed E-state index contributed by atoms with van der Waals surface area (Å²) in [6.07, 6.45) is 5.13. The van der Waals surface area contributed by atoms with Crippen molar-refractivity contribution in [2.24, 2.45) is 17.8 Å². The molecule has 10 nitrogen and oxygen atoms in total. The Morgan fingerprint density at radius 3 is 2.63 bits per heavy atom. The molecule has 5 bridgehead atoms. The third kappa shape index (κ3) is 5.54. The molecular formula is C31H37BrClN3O7. The summed E-state index contributed by atoms with van der Waals surface area (Å²) in [4.78, 5) is 58.5. The lowest BCUT2D eigenvalue weighted by molar-refractivity contribution is -0.159. The van der Waals surface area contributed by atoms with Crippen LogP contribution in [-0.2, 0) is 28.7 Å². The topological polar surface area (TPSA) is 125 Å². The first kappa shape index (κ1) is 31.7. The number of aliphatic hydroxyl groups is 1. The van der Waals surface area contributed by atoms with Crippen LogP contribution >= 0.6 is 27.5 Å². The Bertz CT molecular complexity index is 1350. The summed E-state index contributed by atoms with van der Waals surface area (Å²) in [5, 5.41) is 13.7. The molecule has 2 fully saturated rings. The summed E-state index contributed by atoms with van der Waals surface area (Å²) >= 11 is 10.2. The normalized spacial score (nSPS) is 33.5. The second-order valence-electron chi connectivity index (χ2n) is 11.7. The van der Waals surface area contributed by atoms with Crippen LogP contribution in [0, 0.1) is 17.8 Å². The van der Waals surface area contributed by atoms with E-state index < -0.39 is 59.5 Å². The summed E-state index contributed by atoms with van der Waals surface area (Å²) < 4.78 is 12.8. The monoisotopic (exact) mass is 677 g/mol. The van der Waals surface area contributed by atoms with Gasteiger partial charge in [-0.25, -0.2) is 0 Å². The van der Waals surface area contributed by atoms with E-state index in [9.17, 15) is 24.3 Å². The van der Waals surface area contributed by atoms with Gasteiger partial charge < -0.3 is 29.7 Å². The first-order chi connectivity index (χ1) is 20.5. The van der Waals surface area contributed by atoms with Crippen molar-refractivity contribution >= 4 is 56.9 Å². The number of para-hydroxylation sites is 1. The maximum Gasteiger partial charge on any atom is 0.313 e. The van der Waals surface area contributed by atoms with Gasteiger partial charge in [0, 0.05) is 17.4 Å². The average molecular weight is 679 g/mol. The van der Waals surface area contributed by atoms with E-state index in [0.29, 0.717) is 28.0 Å². The summed E-state index contributed by atoms with van der Waals surface area (Å²) in [6.45, 7) is 5.38. The molecule has 8 atom stereocenters. The lowest BCUT2D eigenvalue weighted by atomic mass is 9.74. The number of halogens is 2. The minimum absolute atomic E-state index is 0.105. The summed E-state index contributed by atoms with van der Waals surface area (Å²) in [5.41, 5.74) is -1.05. The minimum Gasteiger partial charge on any atom is -0.460 e. The molecule has 0 aliphatic carbocycles. The van der Waals surface area contributed by atoms with E-state index >= 15 is 0 Å². The molecule has 1 aromatic rings. The Morgan fingerprint density at radius 1 is 1.19 bits per heavy atom. The highest BCUT2D eigenvalue weighted by Crippen LogP contribution is 2.59. The SMILES string of the molecule is CC[C@H](C)[C@H](CO)N1C(=O)[C@@H]2[C@H]3C(=O)O[C@@H](C)CNC(=O)CC/C=C\CN(c4ccccc4Cl)C(=O)[C@@H]1[C@]21C=C(Br)[C@H]3O1. The van der Waals surface area contributed by atoms with E-state index in [0.717, 1.165) is 0 Å². The Kier molecular flexibility index (Phi) is 9.37. The molecule has 0 radical (unpaired) electrons. The number of carbonyl (C=O) groups excluding carboxylic acids is 4. The van der Waals surface area contributed by atoms with E-state index in [-0.39, 0.29) is 37.9 Å². The van der Waals surface area contributed by atoms with Crippen molar-refractivity contribution < 1.29 is 33.8 Å². The lowest BCUT2D eigenvalue weighted by Gasteiger charge is -2.40. The lowest BCUT2D eigenvalue weighted by Crippen LogP contribution is -2.59. The van der Waals surface area contributed by atoms with Crippen LogP contribution in [0.15, 0.2) is 47.0 Å². The van der Waals surface area contributed by atoms with Crippen molar-refractivity contribution in [3.05, 3.63) is 52.0 Å². The number of nitrogens with one attached hydrogen (secondary N) is 1. The number of esters is 1. The molecule has 2 N–H and O–H groups in total. The van der Waals surface area contributed by atoms with Crippen LogP contribution < -0.4 is 10.2 Å². The number of rotatable bonds is 5. The summed E-state index contributed by atoms with van der Waals surface area (Å²) in [7, 11) is 0. The Hall–Kier alpha value is -2.73. The maximum absolute atomic E-state index is 14.9. The molecule has 4 aliphatic rings. The predicted octanol–water partition coefficient (Wildman–Crippen LogP) is 3.35. The van der Waals surface area contributed by atoms with Crippen LogP contribution in [0.1, 0.15) is 40.0 Å². The second-order valence-corrected chi connectivity index (χ2v) is 13.0. The van der Waals surface area contributed by atoms with Crippen molar-refractivity contribution in [1.29, 1.82) is 0 Å². The Morgan fingerprint density at radius 2 is 1.93 bits per heavy atom. The van der Waals surface area contributed by atoms with Crippen LogP contribution in [0.2, 0.25) is 5.02 Å². The number of benzene rings is 1. The van der Waals surface area contributed by atoms with Gasteiger partial charge in [-0.05, 0) is 37.5 Å². The van der Waals surface area contributed by atoms with Gasteiger partial charge in [-0.2, -0.15) is 0 Å². The third-order valence-electron chi connectivity index (χ3n) is 9.02. The molecule has 1 aromatic carbocycles. The van der Waals surface area contributed by atoms with Gasteiger partial charge in [-0.3, -0.25) is 19.2 Å². The van der Waals surface area contributed by atoms with Gasteiger partial charge in [0.15, 0.2) is 0 Å². The first-order valence-corrected chi connectivity index (χ1v) is 15.9. The van der Waals surface area contributed by atoms with Gasteiger partial charge in [-0.1, -0.05) is 72.1 Å². The predicted molar refractivity (Wildman–Crippen MR) is 163 cm³/mol. The number of carbonyl (C=O) groups is 4. The van der Waals surface area contributed by atoms with E-state index in [1.807, 2.05) is 19.9 Å². The fourth-order valence-corrected chi connectivity index (χ4v) is 7.65. The van der Waals surface area contributed by atoms with Gasteiger partial charge in [0.05, 0.1) is 35.8 Å². The van der Waals surface area contributed by atoms with E-state index in [1.165, 1.54) is 9.80 Å². The molecule has 3 amide bonds. The van der Waals surface area contributed by atoms with Crippen LogP contribution in [0.5, 0.6) is 0 Å². The van der Waals surface area contributed by atoms with Crippen molar-refractivity contribution in [2.45, 2.75) is 69.9 Å². The zero-order chi connectivity index (χ0) is 31.1. The molecule has 43 heavy (non-hydrogen) atoms. The minimum atomic E-state index is -1.49. The van der Waals surface area contributed by atoms with Crippen molar-refractivity contribution in [2.75, 3.05) is 24.6 Å². The number of allylic oxidation sites excluding steroid dienone is 1. The van der Waals surface area contributed by atoms with E-state index in [1.54, 1.807) is 43.3 Å². The van der Waals surface area contributed by atoms with Gasteiger partial charge >= 0.3 is 5.97 Å². The molecular weight excluding hydrogens is 642 g/mol. The molecule has 1 spiro atoms. The van der Waals surface area contributed by atoms with Crippen molar-refractivity contribution in [3.8, 4) is 0 Å². The largest absolute Gasteiger partial charge is 0.460 e. The van der Waals surface area contributed by atoms with Gasteiger partial charge in [0.2, 0.25) is 11.8 Å². The van der Waals surface area contributed by atoms with Crippen LogP contribution in [0.25, 0.3) is 0 Å². The zero-order valence-electron chi connectivity index (χ0n) is 24.4. The molecule has 232 valence electrons. The molecule has 4 heterocycles. The number of amides is 3. The first-order valence-electron chi connectivity index (χ1n) is 14.7. The van der Waals surface area contributed by atoms with Gasteiger partial charge in [0.1, 0.15) is 29.8 Å². The standard InChI is InChI=1S/C31H37BrClN3O7/c1-4-17(2)22(16-37)36-27-29(40)35(21-11-8-7-10-20(21)33)13-9-5-6-12-23(38)34-15-18(3)42-30(41)24-25(28(36)39)31(27)14-19(32)26(24)43-31/h5,7-11,14,17-18,22,24-27,37H,4,6,12-13,15-16H2,1-3H3,(H,34,38)/b9-5-/t17-,18-,22-,24+,25-,26+,27+,31-/m0/s1. The molecule has 5 rings (SSSR count). The number of cyclic esters (lactones) is 1. The molecule has 2 saturated heterocycles. The second kappa shape index (κ2) is 12.7. The number of ether oxygens (including phenoxy) is 2. The fourth-order valence-electron chi connectivity index (χ4n) is 6.68. The summed E-state index contributed by atoms with van der Waals surface area (Å²) in [5.74, 6) is -4.01.